The number of aliphatic hydroxyl groups is 1. The number of nitrogens with zero attached hydrogens (tertiary/aromatic N) is 3. The van der Waals surface area contributed by atoms with Gasteiger partial charge in [-0.15, -0.1) is 11.3 Å². The van der Waals surface area contributed by atoms with Crippen LogP contribution in [0.15, 0.2) is 23.7 Å². The second-order valence-corrected chi connectivity index (χ2v) is 19.9. The van der Waals surface area contributed by atoms with Crippen LogP contribution >= 0.6 is 11.3 Å². The van der Waals surface area contributed by atoms with Crippen LogP contribution in [0, 0.1) is 12.3 Å². The molecule has 65 heavy (non-hydrogen) atoms. The largest absolute Gasteiger partial charge is 0.491 e. The summed E-state index contributed by atoms with van der Waals surface area (Å²) in [4.78, 5) is 61.2. The summed E-state index contributed by atoms with van der Waals surface area (Å²) in [6, 6.07) is 3.75. The van der Waals surface area contributed by atoms with Gasteiger partial charge in [0, 0.05) is 50.7 Å². The number of aromatic nitrogens is 1. The Morgan fingerprint density at radius 2 is 1.54 bits per heavy atom. The van der Waals surface area contributed by atoms with E-state index in [4.69, 9.17) is 28.4 Å². The minimum Gasteiger partial charge on any atom is -0.491 e. The van der Waals surface area contributed by atoms with Crippen LogP contribution in [0.2, 0.25) is 0 Å². The van der Waals surface area contributed by atoms with Gasteiger partial charge in [0.2, 0.25) is 11.8 Å². The Bertz CT molecular complexity index is 1860. The van der Waals surface area contributed by atoms with Crippen molar-refractivity contribution in [2.45, 2.75) is 123 Å². The van der Waals surface area contributed by atoms with Crippen LogP contribution in [0.4, 0.5) is 9.18 Å². The minimum absolute atomic E-state index is 0.0207. The summed E-state index contributed by atoms with van der Waals surface area (Å²) in [7, 11) is 0. The van der Waals surface area contributed by atoms with E-state index in [0.717, 1.165) is 48.6 Å². The molecule has 2 aromatic rings. The highest BCUT2D eigenvalue weighted by Gasteiger charge is 2.53. The molecule has 17 nitrogen and oxygen atoms in total. The van der Waals surface area contributed by atoms with Gasteiger partial charge in [-0.2, -0.15) is 0 Å². The highest BCUT2D eigenvalue weighted by atomic mass is 32.1. The summed E-state index contributed by atoms with van der Waals surface area (Å²) in [5.41, 5.74) is 1.00. The molecule has 364 valence electrons. The molecule has 0 spiro atoms. The molecule has 3 fully saturated rings. The summed E-state index contributed by atoms with van der Waals surface area (Å²) in [5, 5.41) is 19.1. The molecule has 0 bridgehead atoms. The van der Waals surface area contributed by atoms with Crippen molar-refractivity contribution in [1.82, 2.24) is 30.7 Å². The van der Waals surface area contributed by atoms with E-state index < -0.39 is 52.6 Å². The number of alkyl carbamates (subject to hydrolysis) is 1. The molecule has 1 aromatic heterocycles. The van der Waals surface area contributed by atoms with Crippen molar-refractivity contribution in [3.8, 4) is 16.2 Å². The van der Waals surface area contributed by atoms with Crippen molar-refractivity contribution in [3.05, 3.63) is 35.0 Å². The number of ether oxygens (including phenoxy) is 6. The quantitative estimate of drug-likeness (QED) is 0.110. The standard InChI is InChI=1S/C46H71FN6O11S/c1-31-38(65-30-49-31)32-8-9-33(28-48-40(55)36-27-35(54)29-53(36)41(56)39(44(2,3)4)51-42(57)46(47)12-13-46)37(26-32)63-25-24-62-23-22-61-21-20-60-19-18-59-17-16-52-14-10-34(11-15-52)50-43(58)64-45(5,6)7/h8-9,26,30,34-36,39,54H,10-25,27-29H2,1-7H3,(H,48,55)(H,50,58)(H,51,57)/t35-,36+,39-/m1/s1. The molecule has 4 amide bonds. The van der Waals surface area contributed by atoms with Gasteiger partial charge in [-0.3, -0.25) is 14.4 Å². The molecule has 0 unspecified atom stereocenters. The number of nitrogens with one attached hydrogen (secondary N) is 3. The Kier molecular flexibility index (Phi) is 19.3. The highest BCUT2D eigenvalue weighted by Crippen LogP contribution is 2.40. The molecule has 3 atom stereocenters. The van der Waals surface area contributed by atoms with Crippen LogP contribution < -0.4 is 20.7 Å². The number of halogens is 1. The number of carbonyl (C=O) groups excluding carboxylic acids is 4. The van der Waals surface area contributed by atoms with Crippen molar-refractivity contribution in [3.63, 3.8) is 0 Å². The Labute approximate surface area is 386 Å². The van der Waals surface area contributed by atoms with E-state index >= 15 is 0 Å². The van der Waals surface area contributed by atoms with Gasteiger partial charge in [0.25, 0.3) is 5.91 Å². The summed E-state index contributed by atoms with van der Waals surface area (Å²) in [5.74, 6) is -1.30. The fraction of sp³-hybridized carbons (Fsp3) is 0.717. The lowest BCUT2D eigenvalue weighted by atomic mass is 9.85. The van der Waals surface area contributed by atoms with Crippen LogP contribution in [0.1, 0.15) is 84.9 Å². The van der Waals surface area contributed by atoms with Crippen LogP contribution in [-0.4, -0.2) is 165 Å². The summed E-state index contributed by atoms with van der Waals surface area (Å²) < 4.78 is 48.9. The Balaban J connectivity index is 0.974. The van der Waals surface area contributed by atoms with Crippen molar-refractivity contribution in [1.29, 1.82) is 0 Å². The zero-order valence-electron chi connectivity index (χ0n) is 39.2. The van der Waals surface area contributed by atoms with E-state index in [1.165, 1.54) is 16.2 Å². The van der Waals surface area contributed by atoms with E-state index in [-0.39, 0.29) is 51.1 Å². The van der Waals surface area contributed by atoms with Crippen LogP contribution in [0.25, 0.3) is 10.4 Å². The molecule has 4 N–H and O–H groups in total. The molecule has 5 rings (SSSR count). The fourth-order valence-corrected chi connectivity index (χ4v) is 8.32. The number of aryl methyl sites for hydroxylation is 1. The van der Waals surface area contributed by atoms with E-state index in [9.17, 15) is 28.7 Å². The van der Waals surface area contributed by atoms with Crippen LogP contribution in [0.5, 0.6) is 5.75 Å². The molecule has 2 saturated heterocycles. The van der Waals surface area contributed by atoms with Crippen molar-refractivity contribution < 1.29 is 57.1 Å². The maximum atomic E-state index is 14.6. The molecule has 1 aromatic carbocycles. The number of β-amino-alcohol motifs (C(OH)–C–C–N with tert-alkyl or cyclic N) is 1. The molecule has 19 heteroatoms. The van der Waals surface area contributed by atoms with Gasteiger partial charge in [-0.1, -0.05) is 32.9 Å². The fourth-order valence-electron chi connectivity index (χ4n) is 7.51. The maximum Gasteiger partial charge on any atom is 0.407 e. The highest BCUT2D eigenvalue weighted by molar-refractivity contribution is 7.13. The molecular weight excluding hydrogens is 864 g/mol. The number of rotatable bonds is 24. The second kappa shape index (κ2) is 24.2. The first-order chi connectivity index (χ1) is 30.8. The van der Waals surface area contributed by atoms with E-state index in [2.05, 4.69) is 25.8 Å². The second-order valence-electron chi connectivity index (χ2n) is 19.0. The Hall–Kier alpha value is -3.98. The lowest BCUT2D eigenvalue weighted by Gasteiger charge is -2.35. The molecule has 1 saturated carbocycles. The first kappa shape index (κ1) is 52.0. The average molecular weight is 935 g/mol. The summed E-state index contributed by atoms with van der Waals surface area (Å²) in [6.07, 6.45) is 0.688. The van der Waals surface area contributed by atoms with Crippen molar-refractivity contribution in [2.24, 2.45) is 5.41 Å². The topological polar surface area (TPSA) is 199 Å². The van der Waals surface area contributed by atoms with E-state index in [1.54, 1.807) is 26.3 Å². The van der Waals surface area contributed by atoms with E-state index in [1.807, 2.05) is 45.9 Å². The SMILES string of the molecule is Cc1ncsc1-c1ccc(CNC(=O)[C@@H]2C[C@@H](O)CN2C(=O)[C@@H](NC(=O)C2(F)CC2)C(C)(C)C)c(OCCOCCOCCOCCOCCN2CCC(NC(=O)OC(C)(C)C)CC2)c1. The van der Waals surface area contributed by atoms with Gasteiger partial charge >= 0.3 is 6.09 Å². The Morgan fingerprint density at radius 1 is 0.923 bits per heavy atom. The lowest BCUT2D eigenvalue weighted by Crippen LogP contribution is -2.59. The third-order valence-corrected chi connectivity index (χ3v) is 12.3. The normalized spacial score (nSPS) is 19.4. The number of benzene rings is 1. The van der Waals surface area contributed by atoms with Crippen molar-refractivity contribution in [2.75, 3.05) is 85.6 Å². The van der Waals surface area contributed by atoms with Gasteiger partial charge in [-0.05, 0) is 70.4 Å². The number of thiazole rings is 1. The summed E-state index contributed by atoms with van der Waals surface area (Å²) in [6.45, 7) is 19.1. The van der Waals surface area contributed by atoms with E-state index in [0.29, 0.717) is 64.2 Å². The van der Waals surface area contributed by atoms with Gasteiger partial charge in [0.05, 0.1) is 75.0 Å². The first-order valence-corrected chi connectivity index (χ1v) is 23.7. The number of alkyl halides is 1. The smallest absolute Gasteiger partial charge is 0.407 e. The average Bonchev–Trinajstić information content (AvgIpc) is 3.65. The van der Waals surface area contributed by atoms with Crippen LogP contribution in [-0.2, 0) is 44.6 Å². The molecule has 0 radical (unpaired) electrons. The zero-order chi connectivity index (χ0) is 47.2. The van der Waals surface area contributed by atoms with Gasteiger partial charge < -0.3 is 59.3 Å². The third kappa shape index (κ3) is 16.7. The van der Waals surface area contributed by atoms with Gasteiger partial charge in [0.1, 0.15) is 30.0 Å². The Morgan fingerprint density at radius 3 is 2.11 bits per heavy atom. The predicted octanol–water partition coefficient (Wildman–Crippen LogP) is 4.16. The first-order valence-electron chi connectivity index (χ1n) is 22.8. The van der Waals surface area contributed by atoms with Gasteiger partial charge in [-0.25, -0.2) is 14.2 Å². The van der Waals surface area contributed by atoms with Crippen LogP contribution in [0.3, 0.4) is 0 Å². The number of aliphatic hydroxyl groups excluding tert-OH is 1. The molecular formula is C46H71FN6O11S. The molecule has 2 aliphatic heterocycles. The predicted molar refractivity (Wildman–Crippen MR) is 242 cm³/mol. The third-order valence-electron chi connectivity index (χ3n) is 11.3. The molecule has 1 aliphatic carbocycles. The number of carbonyl (C=O) groups is 4. The zero-order valence-corrected chi connectivity index (χ0v) is 40.0. The number of hydrogen-bond acceptors (Lipinski definition) is 14. The number of amides is 4. The summed E-state index contributed by atoms with van der Waals surface area (Å²) >= 11 is 1.51. The van der Waals surface area contributed by atoms with Crippen molar-refractivity contribution >= 4 is 35.2 Å². The molecule has 3 aliphatic rings. The minimum atomic E-state index is -1.97. The molecule has 3 heterocycles. The lowest BCUT2D eigenvalue weighted by molar-refractivity contribution is -0.145. The number of piperidine rings is 1. The maximum absolute atomic E-state index is 14.6. The number of likely N-dealkylation sites (tertiary alicyclic amines) is 2. The monoisotopic (exact) mass is 934 g/mol. The number of hydrogen-bond donors (Lipinski definition) is 4. The van der Waals surface area contributed by atoms with Gasteiger partial charge in [0.15, 0.2) is 5.67 Å².